The van der Waals surface area contributed by atoms with Crippen molar-refractivity contribution in [3.8, 4) is 0 Å². The number of rotatable bonds is 9. The number of unbranched alkanes of at least 4 members (excludes halogenated alkanes) is 4. The standard InChI is InChI=1S/C26H32ClN3O2S/c1-4-5-6-7-8-14-30-24(31)17-23(25(32)29-22-13-12-18(2)15-19(22)3)33-26(30)28-21-11-9-10-20(27)16-21/h9-13,15-16,23H,4-8,14,17H2,1-3H3,(H,29,32). The smallest absolute Gasteiger partial charge is 0.238 e. The summed E-state index contributed by atoms with van der Waals surface area (Å²) in [5.74, 6) is -0.243. The molecule has 0 saturated carbocycles. The Morgan fingerprint density at radius 2 is 1.94 bits per heavy atom. The van der Waals surface area contributed by atoms with E-state index in [0.717, 1.165) is 36.1 Å². The summed E-state index contributed by atoms with van der Waals surface area (Å²) in [5.41, 5.74) is 3.57. The Morgan fingerprint density at radius 3 is 2.67 bits per heavy atom. The minimum atomic E-state index is -0.535. The predicted molar refractivity (Wildman–Crippen MR) is 140 cm³/mol. The van der Waals surface area contributed by atoms with E-state index in [4.69, 9.17) is 16.6 Å². The molecule has 1 heterocycles. The lowest BCUT2D eigenvalue weighted by molar-refractivity contribution is -0.129. The van der Waals surface area contributed by atoms with E-state index >= 15 is 0 Å². The summed E-state index contributed by atoms with van der Waals surface area (Å²) in [7, 11) is 0. The molecule has 0 aromatic heterocycles. The fraction of sp³-hybridized carbons (Fsp3) is 0.423. The van der Waals surface area contributed by atoms with Gasteiger partial charge in [0, 0.05) is 23.7 Å². The number of amides is 2. The number of amidine groups is 1. The number of nitrogens with zero attached hydrogens (tertiary/aromatic N) is 2. The molecule has 0 spiro atoms. The number of nitrogens with one attached hydrogen (secondary N) is 1. The minimum absolute atomic E-state index is 0.0641. The Balaban J connectivity index is 1.77. The molecule has 1 N–H and O–H groups in total. The van der Waals surface area contributed by atoms with Crippen LogP contribution in [0.3, 0.4) is 0 Å². The van der Waals surface area contributed by atoms with Gasteiger partial charge in [-0.1, -0.05) is 79.7 Å². The molecule has 2 aromatic carbocycles. The zero-order valence-electron chi connectivity index (χ0n) is 19.6. The van der Waals surface area contributed by atoms with Gasteiger partial charge in [-0.2, -0.15) is 0 Å². The van der Waals surface area contributed by atoms with Crippen LogP contribution in [0.4, 0.5) is 11.4 Å². The van der Waals surface area contributed by atoms with Crippen molar-refractivity contribution in [2.75, 3.05) is 11.9 Å². The number of halogens is 1. The lowest BCUT2D eigenvalue weighted by Gasteiger charge is -2.32. The maximum Gasteiger partial charge on any atom is 0.238 e. The number of anilines is 1. The molecule has 3 rings (SSSR count). The molecule has 0 aliphatic carbocycles. The van der Waals surface area contributed by atoms with Crippen LogP contribution >= 0.6 is 23.4 Å². The highest BCUT2D eigenvalue weighted by molar-refractivity contribution is 8.15. The Bertz CT molecular complexity index is 1020. The summed E-state index contributed by atoms with van der Waals surface area (Å²) in [4.78, 5) is 32.6. The molecule has 0 radical (unpaired) electrons. The normalized spacial score (nSPS) is 17.5. The molecule has 33 heavy (non-hydrogen) atoms. The highest BCUT2D eigenvalue weighted by Gasteiger charge is 2.35. The zero-order chi connectivity index (χ0) is 23.8. The van der Waals surface area contributed by atoms with Crippen LogP contribution in [0, 0.1) is 13.8 Å². The first-order valence-electron chi connectivity index (χ1n) is 11.6. The molecule has 2 aromatic rings. The van der Waals surface area contributed by atoms with Gasteiger partial charge in [0.25, 0.3) is 0 Å². The van der Waals surface area contributed by atoms with Gasteiger partial charge in [-0.3, -0.25) is 14.5 Å². The van der Waals surface area contributed by atoms with E-state index in [9.17, 15) is 9.59 Å². The monoisotopic (exact) mass is 485 g/mol. The minimum Gasteiger partial charge on any atom is -0.325 e. The topological polar surface area (TPSA) is 61.8 Å². The van der Waals surface area contributed by atoms with Gasteiger partial charge in [0.05, 0.1) is 5.69 Å². The lowest BCUT2D eigenvalue weighted by Crippen LogP contribution is -2.45. The third-order valence-corrected chi connectivity index (χ3v) is 7.01. The molecule has 1 aliphatic heterocycles. The number of thioether (sulfide) groups is 1. The molecule has 5 nitrogen and oxygen atoms in total. The molecule has 176 valence electrons. The van der Waals surface area contributed by atoms with Crippen molar-refractivity contribution in [2.24, 2.45) is 4.99 Å². The summed E-state index contributed by atoms with van der Waals surface area (Å²) < 4.78 is 0. The number of carbonyl (C=O) groups is 2. The van der Waals surface area contributed by atoms with Crippen LogP contribution in [0.5, 0.6) is 0 Å². The number of hydrogen-bond acceptors (Lipinski definition) is 4. The highest BCUT2D eigenvalue weighted by atomic mass is 35.5. The molecular weight excluding hydrogens is 454 g/mol. The van der Waals surface area contributed by atoms with Gasteiger partial charge < -0.3 is 5.32 Å². The van der Waals surface area contributed by atoms with Crippen molar-refractivity contribution in [1.29, 1.82) is 0 Å². The number of hydrogen-bond donors (Lipinski definition) is 1. The summed E-state index contributed by atoms with van der Waals surface area (Å²) in [6, 6.07) is 13.1. The third kappa shape index (κ3) is 7.34. The Morgan fingerprint density at radius 1 is 1.15 bits per heavy atom. The van der Waals surface area contributed by atoms with E-state index in [0.29, 0.717) is 22.4 Å². The SMILES string of the molecule is CCCCCCCN1C(=O)CC(C(=O)Nc2ccc(C)cc2C)SC1=Nc1cccc(Cl)c1. The summed E-state index contributed by atoms with van der Waals surface area (Å²) in [6.07, 6.45) is 5.69. The predicted octanol–water partition coefficient (Wildman–Crippen LogP) is 6.89. The molecule has 1 unspecified atom stereocenters. The van der Waals surface area contributed by atoms with Gasteiger partial charge in [0.2, 0.25) is 11.8 Å². The maximum atomic E-state index is 13.1. The molecule has 1 fully saturated rings. The van der Waals surface area contributed by atoms with E-state index in [2.05, 4.69) is 12.2 Å². The van der Waals surface area contributed by atoms with Crippen molar-refractivity contribution < 1.29 is 9.59 Å². The van der Waals surface area contributed by atoms with Crippen molar-refractivity contribution in [2.45, 2.75) is 64.5 Å². The average molecular weight is 486 g/mol. The van der Waals surface area contributed by atoms with Crippen LogP contribution in [0.2, 0.25) is 5.02 Å². The first-order chi connectivity index (χ1) is 15.9. The summed E-state index contributed by atoms with van der Waals surface area (Å²) in [5, 5.41) is 3.60. The number of benzene rings is 2. The Hall–Kier alpha value is -2.31. The second kappa shape index (κ2) is 12.2. The molecule has 1 aliphatic rings. The Kier molecular flexibility index (Phi) is 9.39. The van der Waals surface area contributed by atoms with Crippen LogP contribution in [0.15, 0.2) is 47.5 Å². The fourth-order valence-electron chi connectivity index (χ4n) is 3.76. The summed E-state index contributed by atoms with van der Waals surface area (Å²) >= 11 is 7.48. The van der Waals surface area contributed by atoms with Crippen molar-refractivity contribution in [1.82, 2.24) is 4.90 Å². The van der Waals surface area contributed by atoms with Crippen molar-refractivity contribution >= 4 is 51.7 Å². The zero-order valence-corrected chi connectivity index (χ0v) is 21.1. The van der Waals surface area contributed by atoms with Crippen LogP contribution in [0.1, 0.15) is 56.6 Å². The van der Waals surface area contributed by atoms with E-state index in [1.807, 2.05) is 44.2 Å². The molecular formula is C26H32ClN3O2S. The van der Waals surface area contributed by atoms with E-state index in [1.54, 1.807) is 17.0 Å². The number of aryl methyl sites for hydroxylation is 2. The van der Waals surface area contributed by atoms with Crippen LogP contribution < -0.4 is 5.32 Å². The fourth-order valence-corrected chi connectivity index (χ4v) is 5.07. The lowest BCUT2D eigenvalue weighted by atomic mass is 10.1. The van der Waals surface area contributed by atoms with Crippen LogP contribution in [-0.4, -0.2) is 33.7 Å². The van der Waals surface area contributed by atoms with Gasteiger partial charge in [0.15, 0.2) is 5.17 Å². The van der Waals surface area contributed by atoms with E-state index in [-0.39, 0.29) is 18.2 Å². The maximum absolute atomic E-state index is 13.1. The van der Waals surface area contributed by atoms with Crippen LogP contribution in [0.25, 0.3) is 0 Å². The van der Waals surface area contributed by atoms with Gasteiger partial charge >= 0.3 is 0 Å². The second-order valence-corrected chi connectivity index (χ2v) is 10.1. The number of aliphatic imine (C=N–C) groups is 1. The Labute approximate surface area is 206 Å². The van der Waals surface area contributed by atoms with Gasteiger partial charge in [-0.05, 0) is 50.1 Å². The average Bonchev–Trinajstić information content (AvgIpc) is 2.77. The third-order valence-electron chi connectivity index (χ3n) is 5.59. The van der Waals surface area contributed by atoms with Crippen LogP contribution in [-0.2, 0) is 9.59 Å². The van der Waals surface area contributed by atoms with Crippen molar-refractivity contribution in [3.05, 3.63) is 58.6 Å². The molecule has 1 atom stereocenters. The first kappa shape index (κ1) is 25.3. The van der Waals surface area contributed by atoms with E-state index in [1.165, 1.54) is 24.6 Å². The largest absolute Gasteiger partial charge is 0.325 e. The molecule has 2 amide bonds. The molecule has 0 bridgehead atoms. The van der Waals surface area contributed by atoms with Gasteiger partial charge in [-0.25, -0.2) is 4.99 Å². The quantitative estimate of drug-likeness (QED) is 0.393. The molecule has 7 heteroatoms. The van der Waals surface area contributed by atoms with E-state index < -0.39 is 5.25 Å². The van der Waals surface area contributed by atoms with Gasteiger partial charge in [0.1, 0.15) is 5.25 Å². The van der Waals surface area contributed by atoms with Gasteiger partial charge in [-0.15, -0.1) is 0 Å². The number of carbonyl (C=O) groups excluding carboxylic acids is 2. The summed E-state index contributed by atoms with van der Waals surface area (Å²) in [6.45, 7) is 6.78. The van der Waals surface area contributed by atoms with Crippen molar-refractivity contribution in [3.63, 3.8) is 0 Å². The second-order valence-electron chi connectivity index (χ2n) is 8.45. The first-order valence-corrected chi connectivity index (χ1v) is 12.8. The highest BCUT2D eigenvalue weighted by Crippen LogP contribution is 2.31. The molecule has 1 saturated heterocycles.